The molecule has 20 heavy (non-hydrogen) atoms. The van der Waals surface area contributed by atoms with Crippen LogP contribution in [-0.4, -0.2) is 9.97 Å². The molecule has 2 N–H and O–H groups in total. The highest BCUT2D eigenvalue weighted by molar-refractivity contribution is 9.10. The lowest BCUT2D eigenvalue weighted by molar-refractivity contribution is 0.554. The summed E-state index contributed by atoms with van der Waals surface area (Å²) in [6, 6.07) is 8.33. The first kappa shape index (κ1) is 14.0. The summed E-state index contributed by atoms with van der Waals surface area (Å²) in [5, 5.41) is 0. The van der Waals surface area contributed by atoms with Gasteiger partial charge in [-0.3, -0.25) is 0 Å². The maximum Gasteiger partial charge on any atom is 0.138 e. The quantitative estimate of drug-likeness (QED) is 0.854. The summed E-state index contributed by atoms with van der Waals surface area (Å²) in [6.07, 6.45) is 5.11. The molecule has 104 valence electrons. The Morgan fingerprint density at radius 3 is 3.05 bits per heavy atom. The monoisotopic (exact) mass is 349 g/mol. The third-order valence-corrected chi connectivity index (χ3v) is 5.49. The Balaban J connectivity index is 1.74. The number of hydrogen-bond acceptors (Lipinski definition) is 4. The zero-order chi connectivity index (χ0) is 13.9. The van der Waals surface area contributed by atoms with Gasteiger partial charge in [0.05, 0.1) is 5.75 Å². The van der Waals surface area contributed by atoms with Crippen molar-refractivity contribution in [1.29, 1.82) is 0 Å². The molecule has 1 aliphatic carbocycles. The average molecular weight is 350 g/mol. The summed E-state index contributed by atoms with van der Waals surface area (Å²) in [6.45, 7) is 0. The maximum absolute atomic E-state index is 6.09. The molecule has 0 saturated carbocycles. The van der Waals surface area contributed by atoms with E-state index in [2.05, 4.69) is 38.0 Å². The molecule has 1 aromatic carbocycles. The van der Waals surface area contributed by atoms with Crippen LogP contribution >= 0.6 is 27.7 Å². The smallest absolute Gasteiger partial charge is 0.138 e. The van der Waals surface area contributed by atoms with Crippen molar-refractivity contribution in [3.63, 3.8) is 0 Å². The van der Waals surface area contributed by atoms with Crippen LogP contribution in [-0.2, 0) is 12.2 Å². The van der Waals surface area contributed by atoms with Crippen molar-refractivity contribution in [3.05, 3.63) is 52.0 Å². The molecule has 0 spiro atoms. The number of nitrogens with two attached hydrogens (primary N) is 1. The number of halogens is 1. The van der Waals surface area contributed by atoms with E-state index >= 15 is 0 Å². The molecule has 0 amide bonds. The van der Waals surface area contributed by atoms with Gasteiger partial charge in [0.15, 0.2) is 0 Å². The highest BCUT2D eigenvalue weighted by atomic mass is 79.9. The van der Waals surface area contributed by atoms with E-state index in [1.54, 1.807) is 11.8 Å². The number of aryl methyl sites for hydroxylation is 1. The fourth-order valence-electron chi connectivity index (χ4n) is 2.40. The van der Waals surface area contributed by atoms with Crippen LogP contribution in [0.3, 0.4) is 0 Å². The molecule has 0 saturated heterocycles. The number of aromatic nitrogens is 2. The number of fused-ring (bicyclic) bond motifs is 1. The van der Waals surface area contributed by atoms with Gasteiger partial charge in [0.25, 0.3) is 0 Å². The van der Waals surface area contributed by atoms with Gasteiger partial charge in [-0.1, -0.05) is 12.1 Å². The second-order valence-corrected chi connectivity index (χ2v) is 6.78. The summed E-state index contributed by atoms with van der Waals surface area (Å²) >= 11 is 5.31. The van der Waals surface area contributed by atoms with E-state index in [4.69, 9.17) is 5.73 Å². The van der Waals surface area contributed by atoms with Crippen molar-refractivity contribution >= 4 is 27.7 Å². The predicted molar refractivity (Wildman–Crippen MR) is 85.6 cm³/mol. The summed E-state index contributed by atoms with van der Waals surface area (Å²) in [5.74, 6) is 1.67. The minimum Gasteiger partial charge on any atom is -0.324 e. The molecule has 1 heterocycles. The number of thioether (sulfide) groups is 1. The lowest BCUT2D eigenvalue weighted by atomic mass is 9.93. The van der Waals surface area contributed by atoms with Crippen molar-refractivity contribution < 1.29 is 0 Å². The molecule has 1 unspecified atom stereocenters. The topological polar surface area (TPSA) is 51.8 Å². The summed E-state index contributed by atoms with van der Waals surface area (Å²) in [7, 11) is 0. The standard InChI is InChI=1S/C15H16BrN3S/c16-11-4-1-2-7-14(11)20-9-15-18-8-10-12(17)5-3-6-13(10)19-15/h1-2,4,7-8,12H,3,5-6,9,17H2. The number of benzene rings is 1. The third kappa shape index (κ3) is 3.05. The predicted octanol–water partition coefficient (Wildman–Crippen LogP) is 3.87. The number of nitrogens with zero attached hydrogens (tertiary/aromatic N) is 2. The van der Waals surface area contributed by atoms with Crippen LogP contribution in [0, 0.1) is 0 Å². The largest absolute Gasteiger partial charge is 0.324 e. The first-order valence-electron chi connectivity index (χ1n) is 6.71. The van der Waals surface area contributed by atoms with Gasteiger partial charge in [-0.05, 0) is 47.3 Å². The van der Waals surface area contributed by atoms with Crippen LogP contribution in [0.15, 0.2) is 39.8 Å². The fraction of sp³-hybridized carbons (Fsp3) is 0.333. The van der Waals surface area contributed by atoms with Gasteiger partial charge >= 0.3 is 0 Å². The lowest BCUT2D eigenvalue weighted by Gasteiger charge is -2.20. The van der Waals surface area contributed by atoms with E-state index in [1.807, 2.05) is 18.3 Å². The highest BCUT2D eigenvalue weighted by Crippen LogP contribution is 2.30. The molecule has 5 heteroatoms. The van der Waals surface area contributed by atoms with E-state index in [1.165, 1.54) is 4.90 Å². The Morgan fingerprint density at radius 2 is 2.20 bits per heavy atom. The van der Waals surface area contributed by atoms with Gasteiger partial charge < -0.3 is 5.73 Å². The van der Waals surface area contributed by atoms with Crippen molar-refractivity contribution in [2.45, 2.75) is 36.0 Å². The zero-order valence-corrected chi connectivity index (χ0v) is 13.5. The van der Waals surface area contributed by atoms with E-state index in [0.717, 1.165) is 46.6 Å². The second-order valence-electron chi connectivity index (χ2n) is 4.91. The van der Waals surface area contributed by atoms with E-state index in [9.17, 15) is 0 Å². The normalized spacial score (nSPS) is 17.8. The van der Waals surface area contributed by atoms with Gasteiger partial charge in [-0.25, -0.2) is 9.97 Å². The van der Waals surface area contributed by atoms with Crippen LogP contribution in [0.5, 0.6) is 0 Å². The molecule has 1 atom stereocenters. The van der Waals surface area contributed by atoms with Crippen molar-refractivity contribution in [3.8, 4) is 0 Å². The minimum absolute atomic E-state index is 0.115. The SMILES string of the molecule is NC1CCCc2nc(CSc3ccccc3Br)ncc21. The summed E-state index contributed by atoms with van der Waals surface area (Å²) in [5.41, 5.74) is 8.36. The molecule has 0 bridgehead atoms. The van der Waals surface area contributed by atoms with Crippen LogP contribution in [0.2, 0.25) is 0 Å². The number of rotatable bonds is 3. The molecule has 1 aliphatic rings. The van der Waals surface area contributed by atoms with Crippen molar-refractivity contribution in [2.75, 3.05) is 0 Å². The number of hydrogen-bond donors (Lipinski definition) is 1. The molecule has 2 aromatic rings. The van der Waals surface area contributed by atoms with Crippen LogP contribution in [0.25, 0.3) is 0 Å². The molecule has 3 nitrogen and oxygen atoms in total. The average Bonchev–Trinajstić information content (AvgIpc) is 2.46. The van der Waals surface area contributed by atoms with Crippen LogP contribution in [0.4, 0.5) is 0 Å². The Labute approximate surface area is 131 Å². The first-order chi connectivity index (χ1) is 9.74. The maximum atomic E-state index is 6.09. The van der Waals surface area contributed by atoms with E-state index in [0.29, 0.717) is 0 Å². The van der Waals surface area contributed by atoms with Crippen molar-refractivity contribution in [1.82, 2.24) is 9.97 Å². The molecule has 1 aromatic heterocycles. The first-order valence-corrected chi connectivity index (χ1v) is 8.49. The van der Waals surface area contributed by atoms with Crippen molar-refractivity contribution in [2.24, 2.45) is 5.73 Å². The molecule has 0 radical (unpaired) electrons. The molecule has 0 fully saturated rings. The highest BCUT2D eigenvalue weighted by Gasteiger charge is 2.18. The van der Waals surface area contributed by atoms with Crippen LogP contribution < -0.4 is 5.73 Å². The molecule has 3 rings (SSSR count). The van der Waals surface area contributed by atoms with Gasteiger partial charge in [-0.15, -0.1) is 11.8 Å². The molecule has 0 aliphatic heterocycles. The van der Waals surface area contributed by atoms with Gasteiger partial charge in [0.2, 0.25) is 0 Å². The van der Waals surface area contributed by atoms with Gasteiger partial charge in [0, 0.05) is 32.9 Å². The Morgan fingerprint density at radius 1 is 1.35 bits per heavy atom. The van der Waals surface area contributed by atoms with E-state index < -0.39 is 0 Å². The second kappa shape index (κ2) is 6.24. The molecular weight excluding hydrogens is 334 g/mol. The molecular formula is C15H16BrN3S. The summed E-state index contributed by atoms with van der Waals surface area (Å²) < 4.78 is 1.12. The van der Waals surface area contributed by atoms with E-state index in [-0.39, 0.29) is 6.04 Å². The zero-order valence-electron chi connectivity index (χ0n) is 11.1. The lowest BCUT2D eigenvalue weighted by Crippen LogP contribution is -2.19. The summed E-state index contributed by atoms with van der Waals surface area (Å²) in [4.78, 5) is 10.4. The van der Waals surface area contributed by atoms with Gasteiger partial charge in [0.1, 0.15) is 5.82 Å². The third-order valence-electron chi connectivity index (χ3n) is 3.47. The Kier molecular flexibility index (Phi) is 4.38. The Hall–Kier alpha value is -0.910. The minimum atomic E-state index is 0.115. The van der Waals surface area contributed by atoms with Gasteiger partial charge in [-0.2, -0.15) is 0 Å². The fourth-order valence-corrected chi connectivity index (χ4v) is 3.83. The Bertz CT molecular complexity index is 618. The van der Waals surface area contributed by atoms with Crippen LogP contribution in [0.1, 0.15) is 36.0 Å².